The van der Waals surface area contributed by atoms with Crippen molar-refractivity contribution < 1.29 is 17.9 Å². The monoisotopic (exact) mass is 317 g/mol. The molecule has 1 aliphatic heterocycles. The van der Waals surface area contributed by atoms with Gasteiger partial charge in [0.15, 0.2) is 0 Å². The van der Waals surface area contributed by atoms with Crippen molar-refractivity contribution in [3.05, 3.63) is 23.8 Å². The second kappa shape index (κ2) is 6.11. The molecule has 1 N–H and O–H groups in total. The van der Waals surface area contributed by atoms with E-state index in [1.54, 1.807) is 13.0 Å². The lowest BCUT2D eigenvalue weighted by molar-refractivity contribution is -0.118. The third-order valence-corrected chi connectivity index (χ3v) is 4.64. The number of ether oxygens (including phenoxy) is 1. The third kappa shape index (κ3) is 3.94. The molecule has 1 atom stereocenters. The first-order chi connectivity index (χ1) is 9.36. The molecule has 0 saturated carbocycles. The quantitative estimate of drug-likeness (QED) is 0.866. The van der Waals surface area contributed by atoms with Crippen molar-refractivity contribution in [2.75, 3.05) is 11.9 Å². The number of anilines is 1. The van der Waals surface area contributed by atoms with Crippen LogP contribution in [0, 0.1) is 6.92 Å². The first-order valence-corrected chi connectivity index (χ1v) is 8.64. The largest absolute Gasteiger partial charge is 0.378 e. The Hall–Kier alpha value is -1.11. The minimum atomic E-state index is -3.76. The fourth-order valence-corrected chi connectivity index (χ4v) is 3.42. The molecule has 0 bridgehead atoms. The summed E-state index contributed by atoms with van der Waals surface area (Å²) in [4.78, 5) is 11.9. The lowest BCUT2D eigenvalue weighted by atomic mass is 10.1. The summed E-state index contributed by atoms with van der Waals surface area (Å²) in [5, 5.41) is 2.73. The van der Waals surface area contributed by atoms with E-state index in [0.29, 0.717) is 24.3 Å². The van der Waals surface area contributed by atoms with E-state index < -0.39 is 9.05 Å². The molecule has 1 heterocycles. The lowest BCUT2D eigenvalue weighted by Gasteiger charge is -2.11. The molecule has 1 aromatic rings. The smallest absolute Gasteiger partial charge is 0.261 e. The Balaban J connectivity index is 2.03. The van der Waals surface area contributed by atoms with Crippen molar-refractivity contribution in [2.24, 2.45) is 0 Å². The first-order valence-electron chi connectivity index (χ1n) is 6.33. The van der Waals surface area contributed by atoms with Gasteiger partial charge < -0.3 is 10.1 Å². The fraction of sp³-hybridized carbons (Fsp3) is 0.462. The number of rotatable bonds is 4. The summed E-state index contributed by atoms with van der Waals surface area (Å²) < 4.78 is 27.9. The van der Waals surface area contributed by atoms with Crippen LogP contribution in [0.25, 0.3) is 0 Å². The van der Waals surface area contributed by atoms with Crippen LogP contribution in [0.4, 0.5) is 5.69 Å². The van der Waals surface area contributed by atoms with Gasteiger partial charge in [0, 0.05) is 23.0 Å². The van der Waals surface area contributed by atoms with Gasteiger partial charge in [-0.05, 0) is 43.5 Å². The molecule has 1 fully saturated rings. The highest BCUT2D eigenvalue weighted by Gasteiger charge is 2.19. The second-order valence-corrected chi connectivity index (χ2v) is 7.34. The molecule has 0 aliphatic carbocycles. The highest BCUT2D eigenvalue weighted by molar-refractivity contribution is 8.13. The molecule has 5 nitrogen and oxygen atoms in total. The Kier molecular flexibility index (Phi) is 4.67. The van der Waals surface area contributed by atoms with Gasteiger partial charge in [-0.3, -0.25) is 4.79 Å². The summed E-state index contributed by atoms with van der Waals surface area (Å²) in [6.45, 7) is 2.34. The number of halogens is 1. The number of nitrogens with one attached hydrogen (secondary N) is 1. The number of hydrogen-bond donors (Lipinski definition) is 1. The van der Waals surface area contributed by atoms with Crippen molar-refractivity contribution in [3.63, 3.8) is 0 Å². The maximum absolute atomic E-state index is 11.8. The van der Waals surface area contributed by atoms with Crippen LogP contribution in [0.1, 0.15) is 24.8 Å². The van der Waals surface area contributed by atoms with Crippen molar-refractivity contribution in [1.29, 1.82) is 0 Å². The number of benzene rings is 1. The van der Waals surface area contributed by atoms with E-state index in [2.05, 4.69) is 5.32 Å². The molecule has 1 aliphatic rings. The van der Waals surface area contributed by atoms with Crippen LogP contribution < -0.4 is 5.32 Å². The van der Waals surface area contributed by atoms with E-state index in [1.807, 2.05) is 0 Å². The zero-order valence-corrected chi connectivity index (χ0v) is 12.6. The van der Waals surface area contributed by atoms with Gasteiger partial charge in [0.25, 0.3) is 9.05 Å². The molecule has 0 spiro atoms. The van der Waals surface area contributed by atoms with Gasteiger partial charge in [-0.15, -0.1) is 0 Å². The molecular weight excluding hydrogens is 302 g/mol. The van der Waals surface area contributed by atoms with E-state index >= 15 is 0 Å². The highest BCUT2D eigenvalue weighted by atomic mass is 35.7. The molecule has 1 amide bonds. The lowest BCUT2D eigenvalue weighted by Crippen LogP contribution is -2.19. The predicted molar refractivity (Wildman–Crippen MR) is 76.4 cm³/mol. The van der Waals surface area contributed by atoms with E-state index in [0.717, 1.165) is 12.8 Å². The van der Waals surface area contributed by atoms with Crippen LogP contribution in [-0.2, 0) is 18.6 Å². The summed E-state index contributed by atoms with van der Waals surface area (Å²) >= 11 is 0. The van der Waals surface area contributed by atoms with Gasteiger partial charge >= 0.3 is 0 Å². The molecule has 0 aromatic heterocycles. The van der Waals surface area contributed by atoms with E-state index in [1.165, 1.54) is 12.1 Å². The van der Waals surface area contributed by atoms with Gasteiger partial charge in [-0.1, -0.05) is 0 Å². The maximum atomic E-state index is 11.8. The first kappa shape index (κ1) is 15.3. The van der Waals surface area contributed by atoms with E-state index in [9.17, 15) is 13.2 Å². The topological polar surface area (TPSA) is 72.5 Å². The van der Waals surface area contributed by atoms with Crippen molar-refractivity contribution in [3.8, 4) is 0 Å². The molecular formula is C13H16ClNO4S. The Morgan fingerprint density at radius 1 is 1.50 bits per heavy atom. The zero-order chi connectivity index (χ0) is 14.8. The Bertz CT molecular complexity index is 609. The van der Waals surface area contributed by atoms with Crippen molar-refractivity contribution in [1.82, 2.24) is 0 Å². The summed E-state index contributed by atoms with van der Waals surface area (Å²) in [6, 6.07) is 4.50. The van der Waals surface area contributed by atoms with Crippen LogP contribution >= 0.6 is 10.7 Å². The normalized spacial score (nSPS) is 19.0. The molecule has 1 saturated heterocycles. The Labute approximate surface area is 122 Å². The van der Waals surface area contributed by atoms with Crippen LogP contribution in [0.2, 0.25) is 0 Å². The van der Waals surface area contributed by atoms with Gasteiger partial charge in [0.2, 0.25) is 5.91 Å². The van der Waals surface area contributed by atoms with Crippen LogP contribution in [0.3, 0.4) is 0 Å². The standard InChI is InChI=1S/C13H16ClNO4S/c1-9-7-10(4-5-12(9)20(14,17)18)15-13(16)8-11-3-2-6-19-11/h4-5,7,11H,2-3,6,8H2,1H3,(H,15,16). The molecule has 2 rings (SSSR count). The van der Waals surface area contributed by atoms with Crippen LogP contribution in [0.5, 0.6) is 0 Å². The number of carbonyl (C=O) groups excluding carboxylic acids is 1. The third-order valence-electron chi connectivity index (χ3n) is 3.16. The number of aryl methyl sites for hydroxylation is 1. The summed E-state index contributed by atoms with van der Waals surface area (Å²) in [7, 11) is 1.55. The number of amides is 1. The van der Waals surface area contributed by atoms with E-state index in [-0.39, 0.29) is 16.9 Å². The summed E-state index contributed by atoms with van der Waals surface area (Å²) in [5.74, 6) is -0.141. The zero-order valence-electron chi connectivity index (χ0n) is 11.1. The fourth-order valence-electron chi connectivity index (χ4n) is 2.22. The number of carbonyl (C=O) groups is 1. The molecule has 7 heteroatoms. The van der Waals surface area contributed by atoms with Crippen molar-refractivity contribution in [2.45, 2.75) is 37.2 Å². The molecule has 0 radical (unpaired) electrons. The molecule has 20 heavy (non-hydrogen) atoms. The summed E-state index contributed by atoms with van der Waals surface area (Å²) in [5.41, 5.74) is 1.05. The van der Waals surface area contributed by atoms with Gasteiger partial charge in [-0.25, -0.2) is 8.42 Å². The highest BCUT2D eigenvalue weighted by Crippen LogP contribution is 2.23. The SMILES string of the molecule is Cc1cc(NC(=O)CC2CCCO2)ccc1S(=O)(=O)Cl. The second-order valence-electron chi connectivity index (χ2n) is 4.81. The Morgan fingerprint density at radius 2 is 2.25 bits per heavy atom. The minimum Gasteiger partial charge on any atom is -0.378 e. The van der Waals surface area contributed by atoms with Crippen LogP contribution in [-0.4, -0.2) is 27.0 Å². The van der Waals surface area contributed by atoms with Gasteiger partial charge in [0.1, 0.15) is 0 Å². The Morgan fingerprint density at radius 3 is 2.80 bits per heavy atom. The van der Waals surface area contributed by atoms with Gasteiger partial charge in [-0.2, -0.15) is 0 Å². The minimum absolute atomic E-state index is 0.0152. The predicted octanol–water partition coefficient (Wildman–Crippen LogP) is 2.43. The summed E-state index contributed by atoms with van der Waals surface area (Å²) in [6.07, 6.45) is 2.18. The number of hydrogen-bond acceptors (Lipinski definition) is 4. The average molecular weight is 318 g/mol. The molecule has 110 valence electrons. The van der Waals surface area contributed by atoms with E-state index in [4.69, 9.17) is 15.4 Å². The average Bonchev–Trinajstić information content (AvgIpc) is 2.79. The van der Waals surface area contributed by atoms with Crippen molar-refractivity contribution >= 4 is 31.3 Å². The maximum Gasteiger partial charge on any atom is 0.261 e. The molecule has 1 unspecified atom stereocenters. The van der Waals surface area contributed by atoms with Crippen LogP contribution in [0.15, 0.2) is 23.1 Å². The van der Waals surface area contributed by atoms with Gasteiger partial charge in [0.05, 0.1) is 17.4 Å². The molecule has 1 aromatic carbocycles.